The van der Waals surface area contributed by atoms with Crippen molar-refractivity contribution in [2.24, 2.45) is 0 Å². The van der Waals surface area contributed by atoms with Crippen LogP contribution < -0.4 is 10.2 Å². The molecule has 3 aromatic rings. The number of para-hydroxylation sites is 3. The number of likely N-dealkylation sites (N-methyl/N-ethyl adjacent to an activating group) is 1. The van der Waals surface area contributed by atoms with Crippen molar-refractivity contribution in [1.82, 2.24) is 9.88 Å². The lowest BCUT2D eigenvalue weighted by Crippen LogP contribution is -2.32. The minimum atomic E-state index is 0.00195. The maximum absolute atomic E-state index is 12.7. The molecule has 28 heavy (non-hydrogen) atoms. The normalized spacial score (nSPS) is 15.3. The topological polar surface area (TPSA) is 48.5 Å². The van der Waals surface area contributed by atoms with E-state index < -0.39 is 0 Å². The molecule has 1 atom stereocenters. The summed E-state index contributed by atoms with van der Waals surface area (Å²) in [6, 6.07) is 16.3. The fraction of sp³-hybridized carbons (Fsp3) is 0.364. The summed E-state index contributed by atoms with van der Waals surface area (Å²) >= 11 is 1.69. The van der Waals surface area contributed by atoms with Gasteiger partial charge in [-0.1, -0.05) is 24.3 Å². The van der Waals surface area contributed by atoms with Gasteiger partial charge in [0.15, 0.2) is 0 Å². The van der Waals surface area contributed by atoms with Crippen LogP contribution in [-0.2, 0) is 4.79 Å². The van der Waals surface area contributed by atoms with E-state index in [2.05, 4.69) is 29.3 Å². The van der Waals surface area contributed by atoms with E-state index in [4.69, 9.17) is 4.98 Å². The second kappa shape index (κ2) is 8.29. The summed E-state index contributed by atoms with van der Waals surface area (Å²) in [4.78, 5) is 21.8. The van der Waals surface area contributed by atoms with Crippen LogP contribution in [0.5, 0.6) is 0 Å². The van der Waals surface area contributed by atoms with Gasteiger partial charge in [0.05, 0.1) is 34.2 Å². The first-order valence-electron chi connectivity index (χ1n) is 9.81. The van der Waals surface area contributed by atoms with Crippen molar-refractivity contribution < 1.29 is 4.79 Å². The zero-order chi connectivity index (χ0) is 19.5. The highest BCUT2D eigenvalue weighted by molar-refractivity contribution is 7.18. The summed E-state index contributed by atoms with van der Waals surface area (Å²) in [6.07, 6.45) is 2.43. The van der Waals surface area contributed by atoms with E-state index in [1.807, 2.05) is 48.3 Å². The van der Waals surface area contributed by atoms with Crippen LogP contribution >= 0.6 is 11.3 Å². The molecule has 2 heterocycles. The fourth-order valence-corrected chi connectivity index (χ4v) is 4.71. The van der Waals surface area contributed by atoms with Crippen LogP contribution in [0.1, 0.15) is 30.8 Å². The predicted octanol–water partition coefficient (Wildman–Crippen LogP) is 4.53. The number of fused-ring (bicyclic) bond motifs is 1. The van der Waals surface area contributed by atoms with Crippen molar-refractivity contribution in [1.29, 1.82) is 0 Å². The Labute approximate surface area is 170 Å². The highest BCUT2D eigenvalue weighted by Crippen LogP contribution is 2.30. The molecule has 1 fully saturated rings. The lowest BCUT2D eigenvalue weighted by atomic mass is 10.2. The third-order valence-corrected chi connectivity index (χ3v) is 6.55. The van der Waals surface area contributed by atoms with Gasteiger partial charge >= 0.3 is 0 Å². The molecule has 1 aliphatic heterocycles. The Balaban J connectivity index is 1.42. The highest BCUT2D eigenvalue weighted by atomic mass is 32.1. The van der Waals surface area contributed by atoms with Gasteiger partial charge in [0.2, 0.25) is 5.91 Å². The predicted molar refractivity (Wildman–Crippen MR) is 117 cm³/mol. The number of amides is 1. The minimum absolute atomic E-state index is 0.00195. The molecular formula is C22H26N4OS. The smallest absolute Gasteiger partial charge is 0.238 e. The second-order valence-corrected chi connectivity index (χ2v) is 8.43. The molecule has 1 amide bonds. The molecule has 0 aliphatic carbocycles. The monoisotopic (exact) mass is 394 g/mol. The SMILES string of the molecule is C[C@H](c1nc2ccccc2s1)N(C)CC(=O)Nc1ccccc1N1CCCC1. The molecule has 0 radical (unpaired) electrons. The number of rotatable bonds is 6. The summed E-state index contributed by atoms with van der Waals surface area (Å²) in [5, 5.41) is 4.15. The Hall–Kier alpha value is -2.44. The zero-order valence-corrected chi connectivity index (χ0v) is 17.2. The van der Waals surface area contributed by atoms with Crippen LogP contribution in [-0.4, -0.2) is 42.5 Å². The number of nitrogens with one attached hydrogen (secondary N) is 1. The quantitative estimate of drug-likeness (QED) is 0.667. The first kappa shape index (κ1) is 18.9. The molecule has 1 N–H and O–H groups in total. The van der Waals surface area contributed by atoms with Gasteiger partial charge in [0.1, 0.15) is 5.01 Å². The van der Waals surface area contributed by atoms with E-state index in [0.717, 1.165) is 35.0 Å². The number of nitrogens with zero attached hydrogens (tertiary/aromatic N) is 3. The molecular weight excluding hydrogens is 368 g/mol. The molecule has 1 aliphatic rings. The molecule has 1 saturated heterocycles. The summed E-state index contributed by atoms with van der Waals surface area (Å²) in [5.74, 6) is 0.00195. The van der Waals surface area contributed by atoms with Crippen molar-refractivity contribution in [3.05, 3.63) is 53.5 Å². The van der Waals surface area contributed by atoms with Gasteiger partial charge in [-0.3, -0.25) is 9.69 Å². The van der Waals surface area contributed by atoms with Crippen molar-refractivity contribution in [2.75, 3.05) is 36.9 Å². The van der Waals surface area contributed by atoms with Gasteiger partial charge in [0.25, 0.3) is 0 Å². The molecule has 6 heteroatoms. The fourth-order valence-electron chi connectivity index (χ4n) is 3.62. The Bertz CT molecular complexity index is 931. The minimum Gasteiger partial charge on any atom is -0.370 e. The Morgan fingerprint density at radius 2 is 1.89 bits per heavy atom. The second-order valence-electron chi connectivity index (χ2n) is 7.37. The number of aromatic nitrogens is 1. The summed E-state index contributed by atoms with van der Waals surface area (Å²) < 4.78 is 1.18. The molecule has 5 nitrogen and oxygen atoms in total. The average Bonchev–Trinajstić information content (AvgIpc) is 3.37. The van der Waals surface area contributed by atoms with Gasteiger partial charge in [-0.15, -0.1) is 11.3 Å². The number of carbonyl (C=O) groups excluding carboxylic acids is 1. The average molecular weight is 395 g/mol. The number of carbonyl (C=O) groups is 1. The molecule has 0 saturated carbocycles. The van der Waals surface area contributed by atoms with E-state index in [-0.39, 0.29) is 11.9 Å². The standard InChI is InChI=1S/C22H26N4OS/c1-16(22-24-18-10-4-6-12-20(18)28-22)25(2)15-21(27)23-17-9-3-5-11-19(17)26-13-7-8-14-26/h3-6,9-12,16H,7-8,13-15H2,1-2H3,(H,23,27)/t16-/m1/s1. The molecule has 146 valence electrons. The van der Waals surface area contributed by atoms with Gasteiger partial charge in [0, 0.05) is 13.1 Å². The molecule has 2 aromatic carbocycles. The van der Waals surface area contributed by atoms with E-state index in [1.165, 1.54) is 17.5 Å². The van der Waals surface area contributed by atoms with Crippen molar-refractivity contribution in [2.45, 2.75) is 25.8 Å². The van der Waals surface area contributed by atoms with E-state index in [1.54, 1.807) is 11.3 Å². The maximum Gasteiger partial charge on any atom is 0.238 e. The van der Waals surface area contributed by atoms with Crippen LogP contribution in [0.3, 0.4) is 0 Å². The van der Waals surface area contributed by atoms with E-state index >= 15 is 0 Å². The third-order valence-electron chi connectivity index (χ3n) is 5.35. The van der Waals surface area contributed by atoms with Crippen LogP contribution in [0, 0.1) is 0 Å². The first-order chi connectivity index (χ1) is 13.6. The largest absolute Gasteiger partial charge is 0.370 e. The molecule has 0 bridgehead atoms. The Morgan fingerprint density at radius 3 is 2.68 bits per heavy atom. The number of thiazole rings is 1. The molecule has 1 aromatic heterocycles. The van der Waals surface area contributed by atoms with Crippen molar-refractivity contribution in [3.8, 4) is 0 Å². The third kappa shape index (κ3) is 4.03. The van der Waals surface area contributed by atoms with Crippen LogP contribution in [0.25, 0.3) is 10.2 Å². The number of benzene rings is 2. The van der Waals surface area contributed by atoms with Crippen molar-refractivity contribution in [3.63, 3.8) is 0 Å². The Morgan fingerprint density at radius 1 is 1.18 bits per heavy atom. The summed E-state index contributed by atoms with van der Waals surface area (Å²) in [7, 11) is 1.97. The van der Waals surface area contributed by atoms with Crippen LogP contribution in [0.15, 0.2) is 48.5 Å². The maximum atomic E-state index is 12.7. The lowest BCUT2D eigenvalue weighted by Gasteiger charge is -2.24. The van der Waals surface area contributed by atoms with Gasteiger partial charge in [-0.25, -0.2) is 4.98 Å². The zero-order valence-electron chi connectivity index (χ0n) is 16.4. The molecule has 0 spiro atoms. The first-order valence-corrected chi connectivity index (χ1v) is 10.6. The summed E-state index contributed by atoms with van der Waals surface area (Å²) in [5.41, 5.74) is 3.04. The van der Waals surface area contributed by atoms with Crippen LogP contribution in [0.4, 0.5) is 11.4 Å². The highest BCUT2D eigenvalue weighted by Gasteiger charge is 2.20. The van der Waals surface area contributed by atoms with Crippen molar-refractivity contribution >= 4 is 38.8 Å². The number of hydrogen-bond donors (Lipinski definition) is 1. The van der Waals surface area contributed by atoms with Gasteiger partial charge in [-0.2, -0.15) is 0 Å². The van der Waals surface area contributed by atoms with Crippen LogP contribution in [0.2, 0.25) is 0 Å². The number of hydrogen-bond acceptors (Lipinski definition) is 5. The lowest BCUT2D eigenvalue weighted by molar-refractivity contribution is -0.117. The number of anilines is 2. The van der Waals surface area contributed by atoms with Gasteiger partial charge in [-0.05, 0) is 51.1 Å². The molecule has 4 rings (SSSR count). The molecule has 0 unspecified atom stereocenters. The Kier molecular flexibility index (Phi) is 5.59. The van der Waals surface area contributed by atoms with E-state index in [0.29, 0.717) is 6.54 Å². The summed E-state index contributed by atoms with van der Waals surface area (Å²) in [6.45, 7) is 4.54. The van der Waals surface area contributed by atoms with Gasteiger partial charge < -0.3 is 10.2 Å². The van der Waals surface area contributed by atoms with E-state index in [9.17, 15) is 4.79 Å².